The standard InChI is InChI=1S/C23H24F3N5O2/c1-30-20(8-9-28-30)19-14-18(15-27-22(19)33-13-12-31-10-2-3-11-31)29-21(32)16-4-6-17(7-5-16)23(24,25)26/h4-9,14-15H,2-3,10-13H2,1H3,(H,29,32). The lowest BCUT2D eigenvalue weighted by Crippen LogP contribution is -2.25. The summed E-state index contributed by atoms with van der Waals surface area (Å²) in [6, 6.07) is 7.58. The van der Waals surface area contributed by atoms with Gasteiger partial charge in [-0.3, -0.25) is 14.4 Å². The first kappa shape index (κ1) is 22.8. The molecule has 1 saturated heterocycles. The summed E-state index contributed by atoms with van der Waals surface area (Å²) in [6.07, 6.45) is 1.06. The fourth-order valence-electron chi connectivity index (χ4n) is 3.75. The quantitative estimate of drug-likeness (QED) is 0.573. The third-order valence-corrected chi connectivity index (χ3v) is 5.53. The molecule has 0 bridgehead atoms. The largest absolute Gasteiger partial charge is 0.476 e. The Balaban J connectivity index is 1.51. The van der Waals surface area contributed by atoms with Crippen LogP contribution in [0.4, 0.5) is 18.9 Å². The number of carbonyl (C=O) groups is 1. The average Bonchev–Trinajstić information content (AvgIpc) is 3.46. The molecule has 1 fully saturated rings. The van der Waals surface area contributed by atoms with Gasteiger partial charge in [0.15, 0.2) is 0 Å². The van der Waals surface area contributed by atoms with Crippen LogP contribution >= 0.6 is 0 Å². The van der Waals surface area contributed by atoms with E-state index in [1.54, 1.807) is 24.0 Å². The SMILES string of the molecule is Cn1nccc1-c1cc(NC(=O)c2ccc(C(F)(F)F)cc2)cnc1OCCN1CCCC1. The van der Waals surface area contributed by atoms with Crippen molar-refractivity contribution in [2.75, 3.05) is 31.6 Å². The van der Waals surface area contributed by atoms with E-state index in [9.17, 15) is 18.0 Å². The summed E-state index contributed by atoms with van der Waals surface area (Å²) in [5, 5.41) is 6.88. The molecule has 4 rings (SSSR count). The van der Waals surface area contributed by atoms with Gasteiger partial charge in [-0.15, -0.1) is 0 Å². The molecule has 0 atom stereocenters. The molecule has 1 aromatic carbocycles. The van der Waals surface area contributed by atoms with Crippen LogP contribution in [0.25, 0.3) is 11.3 Å². The molecule has 7 nitrogen and oxygen atoms in total. The smallest absolute Gasteiger partial charge is 0.416 e. The second-order valence-electron chi connectivity index (χ2n) is 7.84. The summed E-state index contributed by atoms with van der Waals surface area (Å²) in [5.41, 5.74) is 1.10. The monoisotopic (exact) mass is 459 g/mol. The van der Waals surface area contributed by atoms with Crippen molar-refractivity contribution in [3.05, 3.63) is 59.9 Å². The summed E-state index contributed by atoms with van der Waals surface area (Å²) in [7, 11) is 1.79. The highest BCUT2D eigenvalue weighted by Gasteiger charge is 2.30. The van der Waals surface area contributed by atoms with Gasteiger partial charge in [-0.1, -0.05) is 0 Å². The number of aryl methyl sites for hydroxylation is 1. The number of pyridine rings is 1. The number of benzene rings is 1. The Bertz CT molecular complexity index is 1110. The first-order valence-electron chi connectivity index (χ1n) is 10.6. The van der Waals surface area contributed by atoms with Crippen LogP contribution in [-0.4, -0.2) is 51.8 Å². The number of aromatic nitrogens is 3. The Morgan fingerprint density at radius 1 is 1.15 bits per heavy atom. The van der Waals surface area contributed by atoms with E-state index in [1.807, 2.05) is 6.07 Å². The van der Waals surface area contributed by atoms with Crippen molar-refractivity contribution in [1.82, 2.24) is 19.7 Å². The predicted molar refractivity (Wildman–Crippen MR) is 117 cm³/mol. The Hall–Kier alpha value is -3.40. The molecule has 3 aromatic rings. The van der Waals surface area contributed by atoms with Crippen molar-refractivity contribution < 1.29 is 22.7 Å². The lowest BCUT2D eigenvalue weighted by Gasteiger charge is -2.16. The molecular formula is C23H24F3N5O2. The molecule has 1 aliphatic rings. The highest BCUT2D eigenvalue weighted by molar-refractivity contribution is 6.04. The van der Waals surface area contributed by atoms with Crippen molar-refractivity contribution in [3.63, 3.8) is 0 Å². The second-order valence-corrected chi connectivity index (χ2v) is 7.84. The van der Waals surface area contributed by atoms with Crippen LogP contribution in [0.1, 0.15) is 28.8 Å². The van der Waals surface area contributed by atoms with Gasteiger partial charge >= 0.3 is 6.18 Å². The van der Waals surface area contributed by atoms with E-state index in [0.29, 0.717) is 23.7 Å². The minimum absolute atomic E-state index is 0.107. The van der Waals surface area contributed by atoms with Gasteiger partial charge in [0.2, 0.25) is 5.88 Å². The zero-order chi connectivity index (χ0) is 23.4. The number of rotatable bonds is 7. The molecule has 1 N–H and O–H groups in total. The maximum absolute atomic E-state index is 12.8. The van der Waals surface area contributed by atoms with E-state index in [0.717, 1.165) is 49.6 Å². The fourth-order valence-corrected chi connectivity index (χ4v) is 3.75. The van der Waals surface area contributed by atoms with Crippen LogP contribution in [0.15, 0.2) is 48.8 Å². The number of alkyl halides is 3. The molecule has 10 heteroatoms. The van der Waals surface area contributed by atoms with Crippen molar-refractivity contribution in [2.24, 2.45) is 7.05 Å². The summed E-state index contributed by atoms with van der Waals surface area (Å²) in [6.45, 7) is 3.43. The Morgan fingerprint density at radius 2 is 1.88 bits per heavy atom. The number of nitrogens with one attached hydrogen (secondary N) is 1. The van der Waals surface area contributed by atoms with Crippen LogP contribution in [0.2, 0.25) is 0 Å². The van der Waals surface area contributed by atoms with Crippen LogP contribution in [0.3, 0.4) is 0 Å². The molecule has 0 radical (unpaired) electrons. The van der Waals surface area contributed by atoms with Crippen molar-refractivity contribution >= 4 is 11.6 Å². The number of hydrogen-bond acceptors (Lipinski definition) is 5. The van der Waals surface area contributed by atoms with Crippen molar-refractivity contribution in [2.45, 2.75) is 19.0 Å². The number of halogens is 3. The first-order valence-corrected chi connectivity index (χ1v) is 10.6. The number of ether oxygens (including phenoxy) is 1. The normalized spacial score (nSPS) is 14.4. The molecule has 1 amide bonds. The van der Waals surface area contributed by atoms with Crippen LogP contribution in [0.5, 0.6) is 5.88 Å². The highest BCUT2D eigenvalue weighted by atomic mass is 19.4. The molecule has 174 valence electrons. The molecular weight excluding hydrogens is 435 g/mol. The van der Waals surface area contributed by atoms with Crippen LogP contribution < -0.4 is 10.1 Å². The van der Waals surface area contributed by atoms with E-state index in [4.69, 9.17) is 4.74 Å². The number of carbonyl (C=O) groups excluding carboxylic acids is 1. The van der Waals surface area contributed by atoms with E-state index in [1.165, 1.54) is 19.0 Å². The Morgan fingerprint density at radius 3 is 2.52 bits per heavy atom. The van der Waals surface area contributed by atoms with E-state index >= 15 is 0 Å². The summed E-state index contributed by atoms with van der Waals surface area (Å²) >= 11 is 0. The molecule has 0 aliphatic carbocycles. The zero-order valence-electron chi connectivity index (χ0n) is 18.1. The van der Waals surface area contributed by atoms with Gasteiger partial charge in [-0.25, -0.2) is 4.98 Å². The number of likely N-dealkylation sites (tertiary alicyclic amines) is 1. The molecule has 2 aromatic heterocycles. The molecule has 0 spiro atoms. The summed E-state index contributed by atoms with van der Waals surface area (Å²) < 4.78 is 45.9. The van der Waals surface area contributed by atoms with Crippen molar-refractivity contribution in [1.29, 1.82) is 0 Å². The first-order chi connectivity index (χ1) is 15.8. The van der Waals surface area contributed by atoms with E-state index in [-0.39, 0.29) is 5.56 Å². The Labute approximate surface area is 189 Å². The number of amides is 1. The lowest BCUT2D eigenvalue weighted by molar-refractivity contribution is -0.137. The van der Waals surface area contributed by atoms with Crippen LogP contribution in [0, 0.1) is 0 Å². The van der Waals surface area contributed by atoms with Gasteiger partial charge in [-0.2, -0.15) is 18.3 Å². The zero-order valence-corrected chi connectivity index (χ0v) is 18.1. The Kier molecular flexibility index (Phi) is 6.64. The minimum atomic E-state index is -4.46. The molecule has 0 saturated carbocycles. The summed E-state index contributed by atoms with van der Waals surface area (Å²) in [4.78, 5) is 19.3. The third kappa shape index (κ3) is 5.51. The van der Waals surface area contributed by atoms with Gasteiger partial charge in [0, 0.05) is 25.4 Å². The maximum atomic E-state index is 12.8. The van der Waals surface area contributed by atoms with E-state index < -0.39 is 17.6 Å². The summed E-state index contributed by atoms with van der Waals surface area (Å²) in [5.74, 6) is -0.116. The lowest BCUT2D eigenvalue weighted by atomic mass is 10.1. The highest BCUT2D eigenvalue weighted by Crippen LogP contribution is 2.31. The van der Waals surface area contributed by atoms with Gasteiger partial charge in [0.25, 0.3) is 5.91 Å². The minimum Gasteiger partial charge on any atom is -0.476 e. The molecule has 3 heterocycles. The van der Waals surface area contributed by atoms with E-state index in [2.05, 4.69) is 20.3 Å². The topological polar surface area (TPSA) is 72.3 Å². The van der Waals surface area contributed by atoms with Gasteiger partial charge in [-0.05, 0) is 62.3 Å². The predicted octanol–water partition coefficient (Wildman–Crippen LogP) is 4.23. The molecule has 0 unspecified atom stereocenters. The number of nitrogens with zero attached hydrogens (tertiary/aromatic N) is 4. The third-order valence-electron chi connectivity index (χ3n) is 5.53. The van der Waals surface area contributed by atoms with Crippen LogP contribution in [-0.2, 0) is 13.2 Å². The average molecular weight is 459 g/mol. The van der Waals surface area contributed by atoms with Gasteiger partial charge in [0.1, 0.15) is 6.61 Å². The number of hydrogen-bond donors (Lipinski definition) is 1. The molecule has 33 heavy (non-hydrogen) atoms. The van der Waals surface area contributed by atoms with Gasteiger partial charge in [0.05, 0.1) is 28.7 Å². The van der Waals surface area contributed by atoms with Crippen molar-refractivity contribution in [3.8, 4) is 17.1 Å². The molecule has 1 aliphatic heterocycles. The number of anilines is 1. The van der Waals surface area contributed by atoms with Gasteiger partial charge < -0.3 is 10.1 Å². The maximum Gasteiger partial charge on any atom is 0.416 e. The fraction of sp³-hybridized carbons (Fsp3) is 0.348. The second kappa shape index (κ2) is 9.62.